The van der Waals surface area contributed by atoms with Gasteiger partial charge in [-0.2, -0.15) is 0 Å². The van der Waals surface area contributed by atoms with Gasteiger partial charge < -0.3 is 5.73 Å². The molecule has 15 heavy (non-hydrogen) atoms. The Morgan fingerprint density at radius 1 is 1.53 bits per heavy atom. The van der Waals surface area contributed by atoms with Gasteiger partial charge in [-0.15, -0.1) is 5.10 Å². The molecule has 0 amide bonds. The standard InChI is InChI=1S/C11H20N4/c1-11(2)5-4-8(12)6-9(11)10-7-15(3)14-13-10/h7-9H,4-6,12H2,1-3H3. The van der Waals surface area contributed by atoms with Crippen molar-refractivity contribution < 1.29 is 0 Å². The molecule has 2 atom stereocenters. The van der Waals surface area contributed by atoms with Gasteiger partial charge in [0, 0.05) is 25.2 Å². The molecule has 0 radical (unpaired) electrons. The van der Waals surface area contributed by atoms with Gasteiger partial charge in [0.2, 0.25) is 0 Å². The van der Waals surface area contributed by atoms with E-state index in [0.29, 0.717) is 17.4 Å². The van der Waals surface area contributed by atoms with Gasteiger partial charge in [-0.3, -0.25) is 4.68 Å². The molecule has 2 rings (SSSR count). The number of hydrogen-bond acceptors (Lipinski definition) is 3. The first-order valence-corrected chi connectivity index (χ1v) is 5.61. The largest absolute Gasteiger partial charge is 0.328 e. The molecule has 1 saturated carbocycles. The van der Waals surface area contributed by atoms with Crippen LogP contribution in [0.2, 0.25) is 0 Å². The second kappa shape index (κ2) is 3.59. The molecule has 1 aromatic rings. The zero-order chi connectivity index (χ0) is 11.1. The van der Waals surface area contributed by atoms with E-state index in [9.17, 15) is 0 Å². The van der Waals surface area contributed by atoms with Crippen LogP contribution >= 0.6 is 0 Å². The molecule has 0 aliphatic heterocycles. The second-order valence-electron chi connectivity index (χ2n) is 5.39. The first-order valence-electron chi connectivity index (χ1n) is 5.61. The highest BCUT2D eigenvalue weighted by Crippen LogP contribution is 2.45. The van der Waals surface area contributed by atoms with E-state index in [1.54, 1.807) is 4.68 Å². The van der Waals surface area contributed by atoms with Crippen LogP contribution in [-0.4, -0.2) is 21.0 Å². The first-order chi connectivity index (χ1) is 6.99. The molecule has 4 heteroatoms. The first kappa shape index (κ1) is 10.6. The van der Waals surface area contributed by atoms with Crippen molar-refractivity contribution in [1.82, 2.24) is 15.0 Å². The fourth-order valence-electron chi connectivity index (χ4n) is 2.52. The summed E-state index contributed by atoms with van der Waals surface area (Å²) in [6.45, 7) is 4.61. The third-order valence-electron chi connectivity index (χ3n) is 3.62. The number of aryl methyl sites for hydroxylation is 1. The van der Waals surface area contributed by atoms with E-state index in [2.05, 4.69) is 24.2 Å². The van der Waals surface area contributed by atoms with Crippen LogP contribution in [0.15, 0.2) is 6.20 Å². The van der Waals surface area contributed by atoms with Gasteiger partial charge in [0.25, 0.3) is 0 Å². The zero-order valence-corrected chi connectivity index (χ0v) is 9.77. The zero-order valence-electron chi connectivity index (χ0n) is 9.77. The molecule has 0 spiro atoms. The summed E-state index contributed by atoms with van der Waals surface area (Å²) in [7, 11) is 1.91. The van der Waals surface area contributed by atoms with Crippen molar-refractivity contribution in [3.05, 3.63) is 11.9 Å². The van der Waals surface area contributed by atoms with E-state index in [4.69, 9.17) is 5.73 Å². The van der Waals surface area contributed by atoms with Crippen LogP contribution < -0.4 is 5.73 Å². The van der Waals surface area contributed by atoms with Crippen LogP contribution in [-0.2, 0) is 7.05 Å². The molecule has 1 aromatic heterocycles. The molecular weight excluding hydrogens is 188 g/mol. The summed E-state index contributed by atoms with van der Waals surface area (Å²) in [5.74, 6) is 0.454. The molecule has 2 N–H and O–H groups in total. The van der Waals surface area contributed by atoms with Crippen molar-refractivity contribution in [3.8, 4) is 0 Å². The SMILES string of the molecule is Cn1cc(C2CC(N)CCC2(C)C)nn1. The molecule has 1 fully saturated rings. The summed E-state index contributed by atoms with van der Waals surface area (Å²) >= 11 is 0. The summed E-state index contributed by atoms with van der Waals surface area (Å²) < 4.78 is 1.77. The van der Waals surface area contributed by atoms with Crippen molar-refractivity contribution >= 4 is 0 Å². The molecule has 2 unspecified atom stereocenters. The minimum absolute atomic E-state index is 0.298. The third-order valence-corrected chi connectivity index (χ3v) is 3.62. The van der Waals surface area contributed by atoms with Crippen molar-refractivity contribution in [2.45, 2.75) is 45.1 Å². The van der Waals surface area contributed by atoms with Gasteiger partial charge in [0.1, 0.15) is 0 Å². The topological polar surface area (TPSA) is 56.7 Å². The van der Waals surface area contributed by atoms with Crippen LogP contribution in [0.5, 0.6) is 0 Å². The number of aromatic nitrogens is 3. The van der Waals surface area contributed by atoms with E-state index >= 15 is 0 Å². The lowest BCUT2D eigenvalue weighted by atomic mass is 9.66. The summed E-state index contributed by atoms with van der Waals surface area (Å²) in [4.78, 5) is 0. The maximum absolute atomic E-state index is 6.04. The predicted molar refractivity (Wildman–Crippen MR) is 59.4 cm³/mol. The summed E-state index contributed by atoms with van der Waals surface area (Å²) in [6, 6.07) is 0.324. The number of rotatable bonds is 1. The summed E-state index contributed by atoms with van der Waals surface area (Å²) in [5, 5.41) is 8.24. The number of nitrogens with two attached hydrogens (primary N) is 1. The fraction of sp³-hybridized carbons (Fsp3) is 0.818. The highest BCUT2D eigenvalue weighted by molar-refractivity contribution is 5.10. The fourth-order valence-corrected chi connectivity index (χ4v) is 2.52. The Balaban J connectivity index is 2.25. The molecule has 4 nitrogen and oxygen atoms in total. The van der Waals surface area contributed by atoms with E-state index in [1.807, 2.05) is 13.2 Å². The average molecular weight is 208 g/mol. The van der Waals surface area contributed by atoms with Gasteiger partial charge in [-0.25, -0.2) is 0 Å². The Morgan fingerprint density at radius 2 is 2.27 bits per heavy atom. The second-order valence-corrected chi connectivity index (χ2v) is 5.39. The normalized spacial score (nSPS) is 30.4. The van der Waals surface area contributed by atoms with Crippen molar-refractivity contribution in [1.29, 1.82) is 0 Å². The Bertz CT molecular complexity index is 342. The van der Waals surface area contributed by atoms with Crippen LogP contribution in [0.25, 0.3) is 0 Å². The van der Waals surface area contributed by atoms with Crippen LogP contribution in [0.4, 0.5) is 0 Å². The molecule has 1 aliphatic carbocycles. The third kappa shape index (κ3) is 2.04. The van der Waals surface area contributed by atoms with Gasteiger partial charge >= 0.3 is 0 Å². The van der Waals surface area contributed by atoms with E-state index < -0.39 is 0 Å². The average Bonchev–Trinajstić information content (AvgIpc) is 2.56. The molecule has 0 saturated heterocycles. The molecule has 1 heterocycles. The van der Waals surface area contributed by atoms with E-state index in [1.165, 1.54) is 6.42 Å². The highest BCUT2D eigenvalue weighted by atomic mass is 15.4. The summed E-state index contributed by atoms with van der Waals surface area (Å²) in [6.07, 6.45) is 5.36. The minimum Gasteiger partial charge on any atom is -0.328 e. The van der Waals surface area contributed by atoms with E-state index in [0.717, 1.165) is 18.5 Å². The van der Waals surface area contributed by atoms with Crippen molar-refractivity contribution in [3.63, 3.8) is 0 Å². The van der Waals surface area contributed by atoms with Gasteiger partial charge in [0.15, 0.2) is 0 Å². The Kier molecular flexibility index (Phi) is 2.54. The van der Waals surface area contributed by atoms with E-state index in [-0.39, 0.29) is 0 Å². The molecule has 1 aliphatic rings. The molecule has 0 bridgehead atoms. The lowest BCUT2D eigenvalue weighted by Crippen LogP contribution is -2.37. The number of hydrogen-bond donors (Lipinski definition) is 1. The minimum atomic E-state index is 0.298. The Morgan fingerprint density at radius 3 is 2.87 bits per heavy atom. The monoisotopic (exact) mass is 208 g/mol. The Labute approximate surface area is 90.8 Å². The van der Waals surface area contributed by atoms with Crippen LogP contribution in [0, 0.1) is 5.41 Å². The number of nitrogens with zero attached hydrogens (tertiary/aromatic N) is 3. The summed E-state index contributed by atoms with van der Waals surface area (Å²) in [5.41, 5.74) is 7.43. The van der Waals surface area contributed by atoms with Crippen molar-refractivity contribution in [2.75, 3.05) is 0 Å². The lowest BCUT2D eigenvalue weighted by molar-refractivity contribution is 0.179. The Hall–Kier alpha value is -0.900. The molecule has 84 valence electrons. The quantitative estimate of drug-likeness (QED) is 0.759. The molecule has 0 aromatic carbocycles. The maximum Gasteiger partial charge on any atom is 0.0863 e. The van der Waals surface area contributed by atoms with Gasteiger partial charge in [-0.1, -0.05) is 19.1 Å². The van der Waals surface area contributed by atoms with Gasteiger partial charge in [0.05, 0.1) is 5.69 Å². The predicted octanol–water partition coefficient (Wildman–Crippen LogP) is 1.44. The maximum atomic E-state index is 6.04. The van der Waals surface area contributed by atoms with Crippen LogP contribution in [0.3, 0.4) is 0 Å². The smallest absolute Gasteiger partial charge is 0.0863 e. The van der Waals surface area contributed by atoms with Crippen molar-refractivity contribution in [2.24, 2.45) is 18.2 Å². The highest BCUT2D eigenvalue weighted by Gasteiger charge is 2.37. The van der Waals surface area contributed by atoms with Gasteiger partial charge in [-0.05, 0) is 24.7 Å². The molecular formula is C11H20N4. The van der Waals surface area contributed by atoms with Crippen LogP contribution in [0.1, 0.15) is 44.7 Å². The lowest BCUT2D eigenvalue weighted by Gasteiger charge is -2.40.